The number of carbonyl (C=O) groups excluding carboxylic acids is 1. The summed E-state index contributed by atoms with van der Waals surface area (Å²) in [5, 5.41) is 1.51. The summed E-state index contributed by atoms with van der Waals surface area (Å²) in [6.45, 7) is 0. The Bertz CT molecular complexity index is 1220. The number of hydrogen-bond acceptors (Lipinski definition) is 4. The fourth-order valence-corrected chi connectivity index (χ4v) is 3.83. The highest BCUT2D eigenvalue weighted by atomic mass is 35.5. The molecule has 29 heavy (non-hydrogen) atoms. The Morgan fingerprint density at radius 1 is 0.966 bits per heavy atom. The molecule has 0 unspecified atom stereocenters. The smallest absolute Gasteiger partial charge is 0.267 e. The summed E-state index contributed by atoms with van der Waals surface area (Å²) in [6.07, 6.45) is 0. The number of amides is 1. The zero-order chi connectivity index (χ0) is 20.2. The van der Waals surface area contributed by atoms with Crippen molar-refractivity contribution in [1.29, 1.82) is 0 Å². The normalized spacial score (nSPS) is 10.8. The maximum Gasteiger partial charge on any atom is 0.281 e. The van der Waals surface area contributed by atoms with Gasteiger partial charge in [-0.25, -0.2) is 4.98 Å². The van der Waals surface area contributed by atoms with E-state index < -0.39 is 0 Å². The van der Waals surface area contributed by atoms with E-state index in [1.54, 1.807) is 42.5 Å². The fourth-order valence-electron chi connectivity index (χ4n) is 2.79. The highest BCUT2D eigenvalue weighted by Crippen LogP contribution is 2.22. The Balaban J connectivity index is 1.71. The molecule has 4 rings (SSSR count). The average molecular weight is 422 g/mol. The van der Waals surface area contributed by atoms with Crippen LogP contribution in [0.1, 0.15) is 15.9 Å². The quantitative estimate of drug-likeness (QED) is 0.374. The highest BCUT2D eigenvalue weighted by Gasteiger charge is 2.15. The summed E-state index contributed by atoms with van der Waals surface area (Å²) in [7, 11) is 0. The molecule has 0 bridgehead atoms. The highest BCUT2D eigenvalue weighted by molar-refractivity contribution is 7.98. The molecule has 1 heterocycles. The molecule has 1 aromatic heterocycles. The van der Waals surface area contributed by atoms with E-state index >= 15 is 0 Å². The number of halogens is 1. The summed E-state index contributed by atoms with van der Waals surface area (Å²) in [4.78, 5) is 30.3. The second-order valence-electron chi connectivity index (χ2n) is 6.27. The first-order valence-corrected chi connectivity index (χ1v) is 10.2. The van der Waals surface area contributed by atoms with Crippen LogP contribution in [0, 0.1) is 0 Å². The summed E-state index contributed by atoms with van der Waals surface area (Å²) in [5.41, 5.74) is 4.45. The van der Waals surface area contributed by atoms with Gasteiger partial charge in [-0.05, 0) is 42.0 Å². The van der Waals surface area contributed by atoms with Gasteiger partial charge < -0.3 is 0 Å². The van der Waals surface area contributed by atoms with Gasteiger partial charge in [-0.2, -0.15) is 4.68 Å². The van der Waals surface area contributed by atoms with Crippen molar-refractivity contribution in [3.8, 4) is 0 Å². The van der Waals surface area contributed by atoms with Crippen LogP contribution in [0.25, 0.3) is 10.9 Å². The molecule has 0 fully saturated rings. The van der Waals surface area contributed by atoms with Crippen LogP contribution in [0.3, 0.4) is 0 Å². The van der Waals surface area contributed by atoms with Gasteiger partial charge in [0.25, 0.3) is 11.5 Å². The van der Waals surface area contributed by atoms with Gasteiger partial charge >= 0.3 is 0 Å². The van der Waals surface area contributed by atoms with Crippen LogP contribution < -0.4 is 11.0 Å². The predicted octanol–water partition coefficient (Wildman–Crippen LogP) is 4.73. The summed E-state index contributed by atoms with van der Waals surface area (Å²) < 4.78 is 1.22. The number of thioether (sulfide) groups is 1. The molecule has 0 aliphatic heterocycles. The van der Waals surface area contributed by atoms with Gasteiger partial charge in [0.05, 0.1) is 10.9 Å². The minimum absolute atomic E-state index is 0.321. The maximum absolute atomic E-state index is 13.0. The van der Waals surface area contributed by atoms with Crippen molar-refractivity contribution >= 4 is 40.2 Å². The molecule has 4 aromatic rings. The third-order valence-corrected chi connectivity index (χ3v) is 5.54. The number of para-hydroxylation sites is 1. The van der Waals surface area contributed by atoms with E-state index in [2.05, 4.69) is 10.4 Å². The van der Waals surface area contributed by atoms with E-state index in [9.17, 15) is 9.59 Å². The van der Waals surface area contributed by atoms with Gasteiger partial charge in [-0.3, -0.25) is 15.0 Å². The molecular weight excluding hydrogens is 406 g/mol. The van der Waals surface area contributed by atoms with Crippen molar-refractivity contribution in [2.24, 2.45) is 0 Å². The Hall–Kier alpha value is -3.09. The Morgan fingerprint density at radius 2 is 1.66 bits per heavy atom. The molecule has 3 aromatic carbocycles. The molecular formula is C22H16ClN3O2S. The molecule has 0 saturated heterocycles. The molecule has 7 heteroatoms. The first kappa shape index (κ1) is 19.2. The number of carbonyl (C=O) groups is 1. The van der Waals surface area contributed by atoms with Gasteiger partial charge in [0.1, 0.15) is 0 Å². The van der Waals surface area contributed by atoms with Crippen molar-refractivity contribution in [1.82, 2.24) is 9.66 Å². The third kappa shape index (κ3) is 4.34. The second kappa shape index (κ2) is 8.51. The van der Waals surface area contributed by atoms with Crippen LogP contribution in [0.4, 0.5) is 0 Å². The minimum Gasteiger partial charge on any atom is -0.267 e. The topological polar surface area (TPSA) is 64.0 Å². The molecule has 0 atom stereocenters. The number of benzene rings is 3. The molecule has 0 aliphatic rings. The number of fused-ring (bicyclic) bond motifs is 1. The fraction of sp³-hybridized carbons (Fsp3) is 0.0455. The summed E-state index contributed by atoms with van der Waals surface area (Å²) in [5.74, 6) is 0.196. The van der Waals surface area contributed by atoms with Crippen molar-refractivity contribution in [2.75, 3.05) is 5.43 Å². The molecule has 144 valence electrons. The molecule has 0 radical (unpaired) electrons. The van der Waals surface area contributed by atoms with E-state index in [1.165, 1.54) is 16.4 Å². The van der Waals surface area contributed by atoms with E-state index in [4.69, 9.17) is 11.6 Å². The monoisotopic (exact) mass is 421 g/mol. The standard InChI is InChI=1S/C22H16ClN3O2S/c23-17-12-10-15(11-13-17)14-29-22-24-19-9-5-4-8-18(19)21(28)26(22)25-20(27)16-6-2-1-3-7-16/h1-13H,14H2,(H,25,27). The lowest BCUT2D eigenvalue weighted by Crippen LogP contribution is -2.35. The Kier molecular flexibility index (Phi) is 5.64. The van der Waals surface area contributed by atoms with Crippen LogP contribution in [0.15, 0.2) is 88.8 Å². The second-order valence-corrected chi connectivity index (χ2v) is 7.65. The number of rotatable bonds is 5. The lowest BCUT2D eigenvalue weighted by Gasteiger charge is -2.14. The Morgan fingerprint density at radius 3 is 2.41 bits per heavy atom. The lowest BCUT2D eigenvalue weighted by molar-refractivity contribution is 0.100. The number of hydrogen-bond donors (Lipinski definition) is 1. The third-order valence-electron chi connectivity index (χ3n) is 4.28. The van der Waals surface area contributed by atoms with Gasteiger partial charge in [-0.15, -0.1) is 0 Å². The first-order valence-electron chi connectivity index (χ1n) is 8.87. The molecule has 1 N–H and O–H groups in total. The summed E-state index contributed by atoms with van der Waals surface area (Å²) >= 11 is 7.31. The SMILES string of the molecule is O=C(Nn1c(SCc2ccc(Cl)cc2)nc2ccccc2c1=O)c1ccccc1. The van der Waals surface area contributed by atoms with Gasteiger partial charge in [0.2, 0.25) is 0 Å². The van der Waals surface area contributed by atoms with Crippen LogP contribution in [-0.4, -0.2) is 15.6 Å². The van der Waals surface area contributed by atoms with Crippen molar-refractivity contribution in [3.05, 3.63) is 105 Å². The molecule has 5 nitrogen and oxygen atoms in total. The van der Waals surface area contributed by atoms with E-state index in [1.807, 2.05) is 36.4 Å². The number of nitrogens with zero attached hydrogens (tertiary/aromatic N) is 2. The lowest BCUT2D eigenvalue weighted by atomic mass is 10.2. The van der Waals surface area contributed by atoms with Crippen LogP contribution >= 0.6 is 23.4 Å². The van der Waals surface area contributed by atoms with E-state index in [0.29, 0.717) is 32.4 Å². The van der Waals surface area contributed by atoms with Gasteiger partial charge in [-0.1, -0.05) is 65.8 Å². The average Bonchev–Trinajstić information content (AvgIpc) is 2.76. The largest absolute Gasteiger partial charge is 0.281 e. The number of aromatic nitrogens is 2. The van der Waals surface area contributed by atoms with Crippen LogP contribution in [-0.2, 0) is 5.75 Å². The maximum atomic E-state index is 13.0. The molecule has 0 aliphatic carbocycles. The molecule has 0 saturated carbocycles. The van der Waals surface area contributed by atoms with Crippen molar-refractivity contribution in [2.45, 2.75) is 10.9 Å². The van der Waals surface area contributed by atoms with Crippen molar-refractivity contribution < 1.29 is 4.79 Å². The minimum atomic E-state index is -0.377. The number of nitrogens with one attached hydrogen (secondary N) is 1. The molecule has 0 spiro atoms. The zero-order valence-corrected chi connectivity index (χ0v) is 16.8. The van der Waals surface area contributed by atoms with Gasteiger partial charge in [0.15, 0.2) is 5.16 Å². The van der Waals surface area contributed by atoms with Gasteiger partial charge in [0, 0.05) is 16.3 Å². The van der Waals surface area contributed by atoms with Crippen LogP contribution in [0.5, 0.6) is 0 Å². The van der Waals surface area contributed by atoms with E-state index in [-0.39, 0.29) is 11.5 Å². The Labute approximate surface area is 176 Å². The summed E-state index contributed by atoms with van der Waals surface area (Å²) in [6, 6.07) is 23.3. The van der Waals surface area contributed by atoms with E-state index in [0.717, 1.165) is 5.56 Å². The van der Waals surface area contributed by atoms with Crippen LogP contribution in [0.2, 0.25) is 5.02 Å². The first-order chi connectivity index (χ1) is 14.1. The molecule has 1 amide bonds. The predicted molar refractivity (Wildman–Crippen MR) is 117 cm³/mol. The van der Waals surface area contributed by atoms with Crippen molar-refractivity contribution in [3.63, 3.8) is 0 Å². The zero-order valence-electron chi connectivity index (χ0n) is 15.2.